The second-order valence-corrected chi connectivity index (χ2v) is 7.51. The molecule has 0 atom stereocenters. The highest BCUT2D eigenvalue weighted by Crippen LogP contribution is 2.38. The first kappa shape index (κ1) is 20.0. The Morgan fingerprint density at radius 2 is 1.81 bits per heavy atom. The average Bonchev–Trinajstić information content (AvgIpc) is 3.28. The van der Waals surface area contributed by atoms with Crippen LogP contribution in [-0.4, -0.2) is 13.0 Å². The molecule has 0 saturated heterocycles. The molecule has 2 nitrogen and oxygen atoms in total. The summed E-state index contributed by atoms with van der Waals surface area (Å²) in [5, 5.41) is 0. The number of rotatable bonds is 9. The highest BCUT2D eigenvalue weighted by atomic mass is 19.4. The molecule has 2 aliphatic rings. The standard InChI is InChI=1S/C21H26F4O2/c22-19-17(8-4-3-7-15-5-1-2-6-15)11-12-18(20(19)27-21(23,24)25)26-14-13-16-9-10-16/h3,7,11-12,15-16H,1-2,4-6,8-10,13-14H2/b7-3+. The topological polar surface area (TPSA) is 18.5 Å². The van der Waals surface area contributed by atoms with Crippen LogP contribution in [0.15, 0.2) is 24.3 Å². The van der Waals surface area contributed by atoms with Gasteiger partial charge in [0.15, 0.2) is 11.6 Å². The highest BCUT2D eigenvalue weighted by molar-refractivity contribution is 5.45. The van der Waals surface area contributed by atoms with Gasteiger partial charge in [-0.05, 0) is 55.6 Å². The van der Waals surface area contributed by atoms with E-state index in [2.05, 4.69) is 10.8 Å². The molecule has 1 aromatic carbocycles. The second-order valence-electron chi connectivity index (χ2n) is 7.51. The molecular weight excluding hydrogens is 360 g/mol. The number of aryl methyl sites for hydroxylation is 1. The summed E-state index contributed by atoms with van der Waals surface area (Å²) in [5.41, 5.74) is 0.208. The van der Waals surface area contributed by atoms with E-state index in [9.17, 15) is 17.6 Å². The summed E-state index contributed by atoms with van der Waals surface area (Å²) in [4.78, 5) is 0. The monoisotopic (exact) mass is 386 g/mol. The summed E-state index contributed by atoms with van der Waals surface area (Å²) in [6, 6.07) is 2.88. The summed E-state index contributed by atoms with van der Waals surface area (Å²) in [6.45, 7) is 0.266. The third kappa shape index (κ3) is 6.43. The Balaban J connectivity index is 1.64. The van der Waals surface area contributed by atoms with E-state index in [1.807, 2.05) is 6.08 Å². The molecule has 27 heavy (non-hydrogen) atoms. The maximum atomic E-state index is 14.7. The van der Waals surface area contributed by atoms with Gasteiger partial charge in [0.25, 0.3) is 0 Å². The van der Waals surface area contributed by atoms with Crippen LogP contribution >= 0.6 is 0 Å². The number of halogens is 4. The van der Waals surface area contributed by atoms with Crippen LogP contribution in [0.2, 0.25) is 0 Å². The lowest BCUT2D eigenvalue weighted by Gasteiger charge is -2.16. The summed E-state index contributed by atoms with van der Waals surface area (Å²) < 4.78 is 62.1. The van der Waals surface area contributed by atoms with Crippen molar-refractivity contribution < 1.29 is 27.0 Å². The van der Waals surface area contributed by atoms with Crippen molar-refractivity contribution in [2.24, 2.45) is 11.8 Å². The van der Waals surface area contributed by atoms with Crippen molar-refractivity contribution >= 4 is 0 Å². The van der Waals surface area contributed by atoms with Crippen molar-refractivity contribution in [2.45, 2.75) is 64.1 Å². The zero-order valence-electron chi connectivity index (χ0n) is 15.4. The molecule has 2 saturated carbocycles. The van der Waals surface area contributed by atoms with Crippen molar-refractivity contribution in [3.63, 3.8) is 0 Å². The SMILES string of the molecule is Fc1c(CC/C=C/C2CCCC2)ccc(OCCC2CC2)c1OC(F)(F)F. The molecular formula is C21H26F4O2. The van der Waals surface area contributed by atoms with Crippen LogP contribution in [0.1, 0.15) is 56.9 Å². The Morgan fingerprint density at radius 3 is 2.48 bits per heavy atom. The van der Waals surface area contributed by atoms with E-state index in [0.717, 1.165) is 19.3 Å². The van der Waals surface area contributed by atoms with E-state index >= 15 is 0 Å². The Morgan fingerprint density at radius 1 is 1.07 bits per heavy atom. The molecule has 0 spiro atoms. The number of alkyl halides is 3. The molecule has 0 amide bonds. The number of hydrogen-bond donors (Lipinski definition) is 0. The van der Waals surface area contributed by atoms with E-state index in [-0.39, 0.29) is 17.9 Å². The summed E-state index contributed by atoms with van der Waals surface area (Å²) in [6.07, 6.45) is 7.95. The normalized spacial score (nSPS) is 18.4. The van der Waals surface area contributed by atoms with Crippen LogP contribution in [0.25, 0.3) is 0 Å². The molecule has 1 aromatic rings. The second kappa shape index (κ2) is 8.98. The molecule has 0 N–H and O–H groups in total. The first-order valence-electron chi connectivity index (χ1n) is 9.79. The third-order valence-corrected chi connectivity index (χ3v) is 5.23. The van der Waals surface area contributed by atoms with Gasteiger partial charge in [0.2, 0.25) is 5.75 Å². The smallest absolute Gasteiger partial charge is 0.490 e. The molecule has 2 aliphatic carbocycles. The number of allylic oxidation sites excluding steroid dienone is 2. The van der Waals surface area contributed by atoms with Gasteiger partial charge in [0.1, 0.15) is 0 Å². The fraction of sp³-hybridized carbons (Fsp3) is 0.619. The number of hydrogen-bond acceptors (Lipinski definition) is 2. The molecule has 0 bridgehead atoms. The van der Waals surface area contributed by atoms with Crippen molar-refractivity contribution in [2.75, 3.05) is 6.61 Å². The zero-order valence-corrected chi connectivity index (χ0v) is 15.4. The van der Waals surface area contributed by atoms with Crippen LogP contribution < -0.4 is 9.47 Å². The molecule has 0 aromatic heterocycles. The van der Waals surface area contributed by atoms with Gasteiger partial charge < -0.3 is 9.47 Å². The quantitative estimate of drug-likeness (QED) is 0.352. The third-order valence-electron chi connectivity index (χ3n) is 5.23. The van der Waals surface area contributed by atoms with Gasteiger partial charge in [0, 0.05) is 0 Å². The van der Waals surface area contributed by atoms with E-state index in [1.54, 1.807) is 0 Å². The maximum absolute atomic E-state index is 14.7. The lowest BCUT2D eigenvalue weighted by molar-refractivity contribution is -0.276. The van der Waals surface area contributed by atoms with E-state index in [0.29, 0.717) is 24.7 Å². The summed E-state index contributed by atoms with van der Waals surface area (Å²) in [5.74, 6) is -0.856. The first-order valence-corrected chi connectivity index (χ1v) is 9.79. The lowest BCUT2D eigenvalue weighted by Crippen LogP contribution is -2.19. The van der Waals surface area contributed by atoms with Gasteiger partial charge in [0.05, 0.1) is 6.61 Å². The predicted molar refractivity (Wildman–Crippen MR) is 95.3 cm³/mol. The van der Waals surface area contributed by atoms with Crippen LogP contribution in [0.3, 0.4) is 0 Å². The maximum Gasteiger partial charge on any atom is 0.573 e. The zero-order chi connectivity index (χ0) is 19.3. The average molecular weight is 386 g/mol. The summed E-state index contributed by atoms with van der Waals surface area (Å²) in [7, 11) is 0. The minimum absolute atomic E-state index is 0.185. The van der Waals surface area contributed by atoms with Gasteiger partial charge >= 0.3 is 6.36 Å². The lowest BCUT2D eigenvalue weighted by atomic mass is 10.0. The molecule has 0 aliphatic heterocycles. The Bertz CT molecular complexity index is 644. The molecule has 6 heteroatoms. The number of benzene rings is 1. The van der Waals surface area contributed by atoms with Gasteiger partial charge in [-0.25, -0.2) is 4.39 Å². The van der Waals surface area contributed by atoms with Gasteiger partial charge in [-0.15, -0.1) is 13.2 Å². The van der Waals surface area contributed by atoms with Crippen molar-refractivity contribution in [3.8, 4) is 11.5 Å². The molecule has 0 heterocycles. The van der Waals surface area contributed by atoms with E-state index in [4.69, 9.17) is 4.74 Å². The predicted octanol–water partition coefficient (Wildman–Crippen LogP) is 6.58. The van der Waals surface area contributed by atoms with Crippen LogP contribution in [0, 0.1) is 17.7 Å². The minimum Gasteiger partial charge on any atom is -0.490 e. The Kier molecular flexibility index (Phi) is 6.66. The van der Waals surface area contributed by atoms with E-state index in [1.165, 1.54) is 37.8 Å². The first-order chi connectivity index (χ1) is 12.9. The summed E-state index contributed by atoms with van der Waals surface area (Å²) >= 11 is 0. The number of ether oxygens (including phenoxy) is 2. The van der Waals surface area contributed by atoms with Crippen LogP contribution in [0.5, 0.6) is 11.5 Å². The molecule has 3 rings (SSSR count). The van der Waals surface area contributed by atoms with E-state index < -0.39 is 17.9 Å². The molecule has 150 valence electrons. The van der Waals surface area contributed by atoms with Crippen LogP contribution in [0.4, 0.5) is 17.6 Å². The van der Waals surface area contributed by atoms with Gasteiger partial charge in [-0.3, -0.25) is 0 Å². The molecule has 0 radical (unpaired) electrons. The van der Waals surface area contributed by atoms with Crippen LogP contribution in [-0.2, 0) is 6.42 Å². The Hall–Kier alpha value is -1.72. The highest BCUT2D eigenvalue weighted by Gasteiger charge is 2.35. The van der Waals surface area contributed by atoms with Gasteiger partial charge in [-0.1, -0.05) is 43.9 Å². The van der Waals surface area contributed by atoms with Crippen molar-refractivity contribution in [1.82, 2.24) is 0 Å². The van der Waals surface area contributed by atoms with Crippen molar-refractivity contribution in [3.05, 3.63) is 35.7 Å². The minimum atomic E-state index is -4.96. The fourth-order valence-electron chi connectivity index (χ4n) is 3.52. The fourth-order valence-corrected chi connectivity index (χ4v) is 3.52. The molecule has 2 fully saturated rings. The largest absolute Gasteiger partial charge is 0.573 e. The van der Waals surface area contributed by atoms with Gasteiger partial charge in [-0.2, -0.15) is 0 Å². The van der Waals surface area contributed by atoms with Crippen molar-refractivity contribution in [1.29, 1.82) is 0 Å². The Labute approximate surface area is 157 Å². The molecule has 0 unspecified atom stereocenters.